The summed E-state index contributed by atoms with van der Waals surface area (Å²) >= 11 is 0. The van der Waals surface area contributed by atoms with E-state index in [4.69, 9.17) is 10.5 Å². The van der Waals surface area contributed by atoms with Crippen molar-refractivity contribution < 1.29 is 9.53 Å². The molecule has 0 radical (unpaired) electrons. The third-order valence-corrected chi connectivity index (χ3v) is 4.80. The van der Waals surface area contributed by atoms with E-state index in [9.17, 15) is 9.59 Å². The second kappa shape index (κ2) is 6.70. The molecule has 5 nitrogen and oxygen atoms in total. The number of rotatable bonds is 3. The second-order valence-electron chi connectivity index (χ2n) is 6.35. The number of methoxy groups -OCH3 is 1. The molecule has 0 spiro atoms. The number of hydrogen-bond acceptors (Lipinski definition) is 4. The van der Waals surface area contributed by atoms with E-state index in [0.29, 0.717) is 28.3 Å². The molecule has 4 aromatic rings. The summed E-state index contributed by atoms with van der Waals surface area (Å²) in [5.41, 5.74) is 8.94. The Hall–Kier alpha value is -3.44. The predicted molar refractivity (Wildman–Crippen MR) is 107 cm³/mol. The van der Waals surface area contributed by atoms with Crippen LogP contribution in [0.1, 0.15) is 15.9 Å². The van der Waals surface area contributed by atoms with Crippen LogP contribution < -0.4 is 11.3 Å². The smallest absolute Gasteiger partial charge is 0.338 e. The van der Waals surface area contributed by atoms with Crippen LogP contribution in [0.4, 0.5) is 0 Å². The highest BCUT2D eigenvalue weighted by Gasteiger charge is 2.16. The van der Waals surface area contributed by atoms with Crippen molar-refractivity contribution in [3.05, 3.63) is 82.3 Å². The minimum atomic E-state index is -0.428. The van der Waals surface area contributed by atoms with Crippen LogP contribution in [0.15, 0.2) is 65.6 Å². The number of aromatic amines is 1. The molecule has 0 fully saturated rings. The van der Waals surface area contributed by atoms with Crippen molar-refractivity contribution in [1.29, 1.82) is 0 Å². The van der Waals surface area contributed by atoms with Gasteiger partial charge in [0.25, 0.3) is 5.56 Å². The molecule has 27 heavy (non-hydrogen) atoms. The molecule has 134 valence electrons. The van der Waals surface area contributed by atoms with Gasteiger partial charge in [0, 0.05) is 12.7 Å². The van der Waals surface area contributed by atoms with E-state index in [2.05, 4.69) is 4.98 Å². The van der Waals surface area contributed by atoms with Crippen LogP contribution in [0, 0.1) is 0 Å². The Labute approximate surface area is 155 Å². The van der Waals surface area contributed by atoms with E-state index in [-0.39, 0.29) is 5.56 Å². The fraction of sp³-hybridized carbons (Fsp3) is 0.0909. The van der Waals surface area contributed by atoms with Crippen LogP contribution in [-0.4, -0.2) is 18.1 Å². The number of fused-ring (bicyclic) bond motifs is 3. The highest BCUT2D eigenvalue weighted by Crippen LogP contribution is 2.31. The van der Waals surface area contributed by atoms with Crippen LogP contribution in [0.3, 0.4) is 0 Å². The zero-order valence-corrected chi connectivity index (χ0v) is 14.8. The van der Waals surface area contributed by atoms with Gasteiger partial charge in [0.15, 0.2) is 0 Å². The Morgan fingerprint density at radius 2 is 1.74 bits per heavy atom. The first-order valence-corrected chi connectivity index (χ1v) is 8.58. The van der Waals surface area contributed by atoms with E-state index in [1.807, 2.05) is 42.5 Å². The molecule has 3 aromatic carbocycles. The number of hydrogen-bond donors (Lipinski definition) is 2. The molecule has 0 atom stereocenters. The molecule has 0 bridgehead atoms. The monoisotopic (exact) mass is 358 g/mol. The number of nitrogens with two attached hydrogens (primary N) is 1. The van der Waals surface area contributed by atoms with Gasteiger partial charge in [0.2, 0.25) is 0 Å². The van der Waals surface area contributed by atoms with Crippen molar-refractivity contribution in [2.75, 3.05) is 7.11 Å². The highest BCUT2D eigenvalue weighted by molar-refractivity contribution is 6.16. The number of aromatic nitrogens is 1. The third-order valence-electron chi connectivity index (χ3n) is 4.80. The summed E-state index contributed by atoms with van der Waals surface area (Å²) in [6.07, 6.45) is 1.58. The van der Waals surface area contributed by atoms with Crippen molar-refractivity contribution >= 4 is 27.5 Å². The van der Waals surface area contributed by atoms with Crippen LogP contribution in [0.25, 0.3) is 32.7 Å². The molecule has 0 aliphatic rings. The summed E-state index contributed by atoms with van der Waals surface area (Å²) < 4.78 is 4.93. The molecule has 0 saturated carbocycles. The van der Waals surface area contributed by atoms with Crippen LogP contribution in [0.2, 0.25) is 0 Å². The molecule has 0 saturated heterocycles. The van der Waals surface area contributed by atoms with E-state index in [0.717, 1.165) is 22.1 Å². The third kappa shape index (κ3) is 2.88. The topological polar surface area (TPSA) is 85.2 Å². The second-order valence-corrected chi connectivity index (χ2v) is 6.35. The zero-order chi connectivity index (χ0) is 19.0. The van der Waals surface area contributed by atoms with Gasteiger partial charge >= 0.3 is 5.97 Å². The van der Waals surface area contributed by atoms with Crippen LogP contribution >= 0.6 is 0 Å². The standard InChI is InChI=1S/C22H18N2O3/c1-27-22(26)19-11-16-8-9-24-21(25)20(16)18-10-15(6-7-17(18)19)14-4-2-13(12-23)3-5-14/h2-11H,12,23H2,1H3,(H,24,25). The summed E-state index contributed by atoms with van der Waals surface area (Å²) in [5.74, 6) is -0.428. The Bertz CT molecular complexity index is 1220. The summed E-state index contributed by atoms with van der Waals surface area (Å²) in [6.45, 7) is 0.487. The Balaban J connectivity index is 2.04. The molecule has 1 heterocycles. The molecule has 0 aliphatic heterocycles. The first kappa shape index (κ1) is 17.0. The quantitative estimate of drug-likeness (QED) is 0.433. The summed E-state index contributed by atoms with van der Waals surface area (Å²) in [6, 6.07) is 17.2. The molecular formula is C22H18N2O3. The first-order chi connectivity index (χ1) is 13.1. The number of pyridine rings is 1. The number of esters is 1. The van der Waals surface area contributed by atoms with Gasteiger partial charge in [-0.3, -0.25) is 4.79 Å². The largest absolute Gasteiger partial charge is 0.465 e. The first-order valence-electron chi connectivity index (χ1n) is 8.58. The average molecular weight is 358 g/mol. The SMILES string of the molecule is COC(=O)c1cc2cc[nH]c(=O)c2c2cc(-c3ccc(CN)cc3)ccc12. The normalized spacial score (nSPS) is 11.0. The molecule has 4 rings (SSSR count). The Kier molecular flexibility index (Phi) is 4.22. The molecule has 1 aromatic heterocycles. The van der Waals surface area contributed by atoms with Crippen molar-refractivity contribution in [1.82, 2.24) is 4.98 Å². The van der Waals surface area contributed by atoms with Gasteiger partial charge in [-0.25, -0.2) is 4.79 Å². The average Bonchev–Trinajstić information content (AvgIpc) is 2.72. The number of H-pyrrole nitrogens is 1. The van der Waals surface area contributed by atoms with Gasteiger partial charge < -0.3 is 15.5 Å². The van der Waals surface area contributed by atoms with E-state index in [1.54, 1.807) is 18.3 Å². The van der Waals surface area contributed by atoms with Crippen molar-refractivity contribution in [3.63, 3.8) is 0 Å². The summed E-state index contributed by atoms with van der Waals surface area (Å²) in [5, 5.41) is 2.66. The van der Waals surface area contributed by atoms with Gasteiger partial charge in [-0.2, -0.15) is 0 Å². The maximum atomic E-state index is 12.5. The van der Waals surface area contributed by atoms with Crippen LogP contribution in [-0.2, 0) is 11.3 Å². The van der Waals surface area contributed by atoms with Gasteiger partial charge in [-0.05, 0) is 51.0 Å². The summed E-state index contributed by atoms with van der Waals surface area (Å²) in [4.78, 5) is 27.5. The lowest BCUT2D eigenvalue weighted by Gasteiger charge is -2.11. The Morgan fingerprint density at radius 3 is 2.44 bits per heavy atom. The van der Waals surface area contributed by atoms with E-state index >= 15 is 0 Å². The number of ether oxygens (including phenoxy) is 1. The predicted octanol–water partition coefficient (Wildman–Crippen LogP) is 3.59. The molecular weight excluding hydrogens is 340 g/mol. The van der Waals surface area contributed by atoms with Gasteiger partial charge in [0.05, 0.1) is 18.1 Å². The Morgan fingerprint density at radius 1 is 1.00 bits per heavy atom. The number of carbonyl (C=O) groups excluding carboxylic acids is 1. The van der Waals surface area contributed by atoms with Gasteiger partial charge in [-0.1, -0.05) is 36.4 Å². The molecule has 0 amide bonds. The lowest BCUT2D eigenvalue weighted by molar-refractivity contribution is 0.0603. The fourth-order valence-corrected chi connectivity index (χ4v) is 3.40. The highest BCUT2D eigenvalue weighted by atomic mass is 16.5. The van der Waals surface area contributed by atoms with Crippen molar-refractivity contribution in [2.24, 2.45) is 5.73 Å². The maximum absolute atomic E-state index is 12.5. The van der Waals surface area contributed by atoms with Gasteiger partial charge in [0.1, 0.15) is 0 Å². The van der Waals surface area contributed by atoms with E-state index in [1.165, 1.54) is 7.11 Å². The molecule has 3 N–H and O–H groups in total. The number of benzene rings is 3. The minimum Gasteiger partial charge on any atom is -0.465 e. The maximum Gasteiger partial charge on any atom is 0.338 e. The van der Waals surface area contributed by atoms with Crippen molar-refractivity contribution in [2.45, 2.75) is 6.54 Å². The summed E-state index contributed by atoms with van der Waals surface area (Å²) in [7, 11) is 1.35. The minimum absolute atomic E-state index is 0.190. The lowest BCUT2D eigenvalue weighted by Crippen LogP contribution is -2.08. The van der Waals surface area contributed by atoms with Crippen LogP contribution in [0.5, 0.6) is 0 Å². The van der Waals surface area contributed by atoms with E-state index < -0.39 is 5.97 Å². The fourth-order valence-electron chi connectivity index (χ4n) is 3.40. The zero-order valence-electron chi connectivity index (χ0n) is 14.8. The lowest BCUT2D eigenvalue weighted by atomic mass is 9.94. The molecule has 5 heteroatoms. The van der Waals surface area contributed by atoms with Crippen molar-refractivity contribution in [3.8, 4) is 11.1 Å². The number of carbonyl (C=O) groups is 1. The molecule has 0 unspecified atom stereocenters. The van der Waals surface area contributed by atoms with Gasteiger partial charge in [-0.15, -0.1) is 0 Å². The molecule has 0 aliphatic carbocycles. The number of nitrogens with one attached hydrogen (secondary N) is 1.